The molecule has 0 aliphatic heterocycles. The van der Waals surface area contributed by atoms with Crippen LogP contribution in [0.4, 0.5) is 0 Å². The molecule has 0 aliphatic rings. The first-order valence-electron chi connectivity index (χ1n) is 4.55. The zero-order chi connectivity index (χ0) is 8.53. The van der Waals surface area contributed by atoms with E-state index in [1.165, 1.54) is 25.7 Å². The van der Waals surface area contributed by atoms with Gasteiger partial charge in [-0.3, -0.25) is 0 Å². The third kappa shape index (κ3) is 7.44. The van der Waals surface area contributed by atoms with Gasteiger partial charge in [-0.2, -0.15) is 0 Å². The summed E-state index contributed by atoms with van der Waals surface area (Å²) in [7, 11) is 0. The molecule has 11 heavy (non-hydrogen) atoms. The quantitative estimate of drug-likeness (QED) is 0.585. The Morgan fingerprint density at radius 3 is 2.64 bits per heavy atom. The van der Waals surface area contributed by atoms with Crippen molar-refractivity contribution in [3.05, 3.63) is 18.7 Å². The lowest BCUT2D eigenvalue weighted by molar-refractivity contribution is 0.661. The van der Waals surface area contributed by atoms with Crippen LogP contribution in [0.3, 0.4) is 0 Å². The van der Waals surface area contributed by atoms with Gasteiger partial charge in [-0.1, -0.05) is 32.3 Å². The second-order valence-electron chi connectivity index (χ2n) is 2.88. The summed E-state index contributed by atoms with van der Waals surface area (Å²) in [5, 5.41) is 0. The van der Waals surface area contributed by atoms with Gasteiger partial charge in [-0.25, -0.2) is 0 Å². The van der Waals surface area contributed by atoms with E-state index < -0.39 is 0 Å². The van der Waals surface area contributed by atoms with Gasteiger partial charge in [-0.05, 0) is 26.2 Å². The van der Waals surface area contributed by atoms with E-state index in [2.05, 4.69) is 13.8 Å². The van der Waals surface area contributed by atoms with Crippen LogP contribution in [0.1, 0.15) is 45.4 Å². The highest BCUT2D eigenvalue weighted by atomic mass is 14.6. The van der Waals surface area contributed by atoms with Gasteiger partial charge in [-0.15, -0.1) is 0 Å². The van der Waals surface area contributed by atoms with Crippen LogP contribution in [-0.2, 0) is 0 Å². The first kappa shape index (κ1) is 10.5. The van der Waals surface area contributed by atoms with Crippen molar-refractivity contribution in [2.45, 2.75) is 45.4 Å². The molecule has 65 valence electrons. The summed E-state index contributed by atoms with van der Waals surface area (Å²) in [5.41, 5.74) is 6.70. The summed E-state index contributed by atoms with van der Waals surface area (Å²) < 4.78 is 0. The fourth-order valence-corrected chi connectivity index (χ4v) is 1.04. The Hall–Kier alpha value is -0.460. The van der Waals surface area contributed by atoms with Crippen molar-refractivity contribution < 1.29 is 0 Å². The molecule has 0 spiro atoms. The molecule has 0 saturated carbocycles. The van der Waals surface area contributed by atoms with Gasteiger partial charge in [0.15, 0.2) is 0 Å². The van der Waals surface area contributed by atoms with Gasteiger partial charge < -0.3 is 5.73 Å². The topological polar surface area (TPSA) is 26.0 Å². The van der Waals surface area contributed by atoms with Crippen LogP contribution in [-0.4, -0.2) is 0 Å². The molecule has 0 rings (SSSR count). The molecule has 0 aliphatic carbocycles. The Morgan fingerprint density at radius 1 is 1.36 bits per heavy atom. The van der Waals surface area contributed by atoms with Crippen molar-refractivity contribution in [2.24, 2.45) is 5.73 Å². The van der Waals surface area contributed by atoms with Crippen LogP contribution >= 0.6 is 0 Å². The summed E-state index contributed by atoms with van der Waals surface area (Å²) in [5.74, 6) is 0. The lowest BCUT2D eigenvalue weighted by Gasteiger charge is -1.99. The molecule has 1 nitrogen and oxygen atoms in total. The molecule has 0 unspecified atom stereocenters. The highest BCUT2D eigenvalue weighted by Gasteiger charge is 1.89. The molecule has 0 atom stereocenters. The summed E-state index contributed by atoms with van der Waals surface area (Å²) in [4.78, 5) is 0. The fourth-order valence-electron chi connectivity index (χ4n) is 1.04. The van der Waals surface area contributed by atoms with Gasteiger partial charge in [0.05, 0.1) is 0 Å². The molecule has 0 bridgehead atoms. The zero-order valence-corrected chi connectivity index (χ0v) is 7.60. The normalized spacial score (nSPS) is 12.0. The zero-order valence-electron chi connectivity index (χ0n) is 7.60. The maximum atomic E-state index is 5.69. The SMILES string of the molecule is [CH2]CC=C(N)CCCCCC. The third-order valence-corrected chi connectivity index (χ3v) is 1.73. The van der Waals surface area contributed by atoms with Gasteiger partial charge in [0.2, 0.25) is 0 Å². The van der Waals surface area contributed by atoms with Gasteiger partial charge in [0.1, 0.15) is 0 Å². The first-order chi connectivity index (χ1) is 5.31. The average Bonchev–Trinajstić information content (AvgIpc) is 1.99. The summed E-state index contributed by atoms with van der Waals surface area (Å²) in [6.45, 7) is 5.93. The van der Waals surface area contributed by atoms with E-state index in [0.717, 1.165) is 18.5 Å². The molecule has 0 aromatic carbocycles. The molecule has 0 saturated heterocycles. The number of unbranched alkanes of at least 4 members (excludes halogenated alkanes) is 3. The average molecular weight is 154 g/mol. The summed E-state index contributed by atoms with van der Waals surface area (Å²) in [6, 6.07) is 0. The highest BCUT2D eigenvalue weighted by molar-refractivity contribution is 4.96. The molecule has 0 amide bonds. The molecule has 0 aromatic rings. The van der Waals surface area contributed by atoms with Crippen LogP contribution < -0.4 is 5.73 Å². The molecule has 2 N–H and O–H groups in total. The third-order valence-electron chi connectivity index (χ3n) is 1.73. The molecule has 1 radical (unpaired) electrons. The van der Waals surface area contributed by atoms with Crippen molar-refractivity contribution in [1.29, 1.82) is 0 Å². The van der Waals surface area contributed by atoms with Crippen LogP contribution in [0.2, 0.25) is 0 Å². The molecular formula is C10H20N. The van der Waals surface area contributed by atoms with Crippen molar-refractivity contribution in [1.82, 2.24) is 0 Å². The van der Waals surface area contributed by atoms with Crippen LogP contribution in [0, 0.1) is 6.92 Å². The second kappa shape index (κ2) is 7.64. The van der Waals surface area contributed by atoms with Crippen molar-refractivity contribution in [2.75, 3.05) is 0 Å². The molecule has 0 aromatic heterocycles. The minimum Gasteiger partial charge on any atom is -0.402 e. The lowest BCUT2D eigenvalue weighted by atomic mass is 10.1. The van der Waals surface area contributed by atoms with Crippen molar-refractivity contribution >= 4 is 0 Å². The van der Waals surface area contributed by atoms with E-state index in [9.17, 15) is 0 Å². The van der Waals surface area contributed by atoms with E-state index in [1.807, 2.05) is 6.08 Å². The number of allylic oxidation sites excluding steroid dienone is 2. The summed E-state index contributed by atoms with van der Waals surface area (Å²) in [6.07, 6.45) is 9.04. The van der Waals surface area contributed by atoms with Crippen LogP contribution in [0.25, 0.3) is 0 Å². The Morgan fingerprint density at radius 2 is 2.09 bits per heavy atom. The van der Waals surface area contributed by atoms with Gasteiger partial charge >= 0.3 is 0 Å². The Bertz CT molecular complexity index is 105. The first-order valence-corrected chi connectivity index (χ1v) is 4.55. The van der Waals surface area contributed by atoms with Crippen molar-refractivity contribution in [3.63, 3.8) is 0 Å². The second-order valence-corrected chi connectivity index (χ2v) is 2.88. The van der Waals surface area contributed by atoms with Crippen molar-refractivity contribution in [3.8, 4) is 0 Å². The monoisotopic (exact) mass is 154 g/mol. The Labute approximate surface area is 70.7 Å². The smallest absolute Gasteiger partial charge is 0.00399 e. The number of rotatable bonds is 6. The van der Waals surface area contributed by atoms with E-state index in [0.29, 0.717) is 0 Å². The van der Waals surface area contributed by atoms with E-state index in [-0.39, 0.29) is 0 Å². The maximum absolute atomic E-state index is 5.69. The van der Waals surface area contributed by atoms with Gasteiger partial charge in [0.25, 0.3) is 0 Å². The number of hydrogen-bond acceptors (Lipinski definition) is 1. The Kier molecular flexibility index (Phi) is 7.33. The molecular weight excluding hydrogens is 134 g/mol. The van der Waals surface area contributed by atoms with Gasteiger partial charge in [0, 0.05) is 5.70 Å². The van der Waals surface area contributed by atoms with E-state index >= 15 is 0 Å². The predicted molar refractivity (Wildman–Crippen MR) is 51.0 cm³/mol. The Balaban J connectivity index is 3.17. The maximum Gasteiger partial charge on any atom is 0.00399 e. The van der Waals surface area contributed by atoms with E-state index in [4.69, 9.17) is 5.73 Å². The number of hydrogen-bond donors (Lipinski definition) is 1. The number of nitrogens with two attached hydrogens (primary N) is 1. The van der Waals surface area contributed by atoms with Crippen LogP contribution in [0.15, 0.2) is 11.8 Å². The predicted octanol–water partition coefficient (Wildman–Crippen LogP) is 3.02. The molecule has 1 heteroatoms. The van der Waals surface area contributed by atoms with E-state index in [1.54, 1.807) is 0 Å². The fraction of sp³-hybridized carbons (Fsp3) is 0.700. The molecule has 0 fully saturated rings. The van der Waals surface area contributed by atoms with Crippen LogP contribution in [0.5, 0.6) is 0 Å². The molecule has 0 heterocycles. The lowest BCUT2D eigenvalue weighted by Crippen LogP contribution is -1.96. The minimum absolute atomic E-state index is 0.819. The summed E-state index contributed by atoms with van der Waals surface area (Å²) >= 11 is 0. The standard InChI is InChI=1S/C10H20N/c1-3-5-6-7-9-10(11)8-4-2/h8H,2-7,9,11H2,1H3. The highest BCUT2D eigenvalue weighted by Crippen LogP contribution is 2.06. The largest absolute Gasteiger partial charge is 0.402 e. The minimum atomic E-state index is 0.819.